The molecular weight excluding hydrogens is 224 g/mol. The molecule has 0 aliphatic carbocycles. The molecule has 0 amide bonds. The number of nitrogens with zero attached hydrogens (tertiary/aromatic N) is 3. The molecule has 3 rings (SSSR count). The first kappa shape index (κ1) is 11.1. The zero-order valence-electron chi connectivity index (χ0n) is 10.4. The second-order valence-corrected chi connectivity index (χ2v) is 4.79. The third-order valence-corrected chi connectivity index (χ3v) is 3.69. The van der Waals surface area contributed by atoms with Crippen molar-refractivity contribution in [1.82, 2.24) is 9.55 Å². The van der Waals surface area contributed by atoms with Crippen LogP contribution in [0.5, 0.6) is 0 Å². The van der Waals surface area contributed by atoms with Crippen molar-refractivity contribution in [2.45, 2.75) is 18.9 Å². The molecule has 0 saturated carbocycles. The summed E-state index contributed by atoms with van der Waals surface area (Å²) in [6.07, 6.45) is 8.10. The summed E-state index contributed by atoms with van der Waals surface area (Å²) in [5, 5.41) is 0. The molecule has 94 valence electrons. The quantitative estimate of drug-likeness (QED) is 0.822. The number of piperidine rings is 1. The van der Waals surface area contributed by atoms with E-state index in [1.165, 1.54) is 5.69 Å². The molecule has 18 heavy (non-hydrogen) atoms. The Hall–Kier alpha value is -1.97. The van der Waals surface area contributed by atoms with Gasteiger partial charge in [0.1, 0.15) is 0 Å². The lowest BCUT2D eigenvalue weighted by atomic mass is 10.0. The molecule has 1 fully saturated rings. The summed E-state index contributed by atoms with van der Waals surface area (Å²) >= 11 is 0. The minimum atomic E-state index is 0.577. The molecular formula is C14H18N4. The van der Waals surface area contributed by atoms with E-state index in [9.17, 15) is 0 Å². The van der Waals surface area contributed by atoms with Gasteiger partial charge in [0.25, 0.3) is 0 Å². The Balaban J connectivity index is 1.69. The topological polar surface area (TPSA) is 47.1 Å². The van der Waals surface area contributed by atoms with E-state index in [0.29, 0.717) is 6.04 Å². The Morgan fingerprint density at radius 1 is 1.17 bits per heavy atom. The maximum absolute atomic E-state index is 6.02. The summed E-state index contributed by atoms with van der Waals surface area (Å²) in [5.41, 5.74) is 8.07. The highest BCUT2D eigenvalue weighted by Gasteiger charge is 2.21. The van der Waals surface area contributed by atoms with Crippen LogP contribution in [-0.2, 0) is 0 Å². The third kappa shape index (κ3) is 2.06. The maximum atomic E-state index is 6.02. The summed E-state index contributed by atoms with van der Waals surface area (Å²) in [6.45, 7) is 2.11. The minimum Gasteiger partial charge on any atom is -0.397 e. The van der Waals surface area contributed by atoms with Gasteiger partial charge in [0, 0.05) is 31.5 Å². The second kappa shape index (κ2) is 4.72. The van der Waals surface area contributed by atoms with Gasteiger partial charge in [0.2, 0.25) is 0 Å². The van der Waals surface area contributed by atoms with E-state index in [-0.39, 0.29) is 0 Å². The normalized spacial score (nSPS) is 17.0. The van der Waals surface area contributed by atoms with Crippen molar-refractivity contribution in [2.24, 2.45) is 0 Å². The van der Waals surface area contributed by atoms with Gasteiger partial charge in [-0.3, -0.25) is 0 Å². The zero-order chi connectivity index (χ0) is 12.4. The first-order valence-corrected chi connectivity index (χ1v) is 6.41. The Kier molecular flexibility index (Phi) is 2.92. The molecule has 1 aromatic heterocycles. The summed E-state index contributed by atoms with van der Waals surface area (Å²) in [6, 6.07) is 8.68. The number of hydrogen-bond donors (Lipinski definition) is 1. The van der Waals surface area contributed by atoms with Crippen LogP contribution in [-0.4, -0.2) is 22.6 Å². The first-order chi connectivity index (χ1) is 8.84. The molecule has 1 saturated heterocycles. The predicted octanol–water partition coefficient (Wildman–Crippen LogP) is 2.31. The van der Waals surface area contributed by atoms with Gasteiger partial charge in [0.15, 0.2) is 0 Å². The van der Waals surface area contributed by atoms with Crippen LogP contribution in [0.15, 0.2) is 43.0 Å². The number of rotatable bonds is 2. The van der Waals surface area contributed by atoms with Gasteiger partial charge in [-0.2, -0.15) is 0 Å². The van der Waals surface area contributed by atoms with Gasteiger partial charge in [-0.05, 0) is 25.0 Å². The summed E-state index contributed by atoms with van der Waals surface area (Å²) in [5.74, 6) is 0. The molecule has 0 bridgehead atoms. The van der Waals surface area contributed by atoms with Crippen LogP contribution in [0.2, 0.25) is 0 Å². The lowest BCUT2D eigenvalue weighted by Gasteiger charge is -2.34. The SMILES string of the molecule is Nc1ccccc1N1CCC(n2ccnc2)CC1. The molecule has 4 heteroatoms. The van der Waals surface area contributed by atoms with Crippen LogP contribution in [0.1, 0.15) is 18.9 Å². The Morgan fingerprint density at radius 2 is 1.94 bits per heavy atom. The zero-order valence-corrected chi connectivity index (χ0v) is 10.4. The van der Waals surface area contributed by atoms with Crippen LogP contribution >= 0.6 is 0 Å². The predicted molar refractivity (Wildman–Crippen MR) is 73.6 cm³/mol. The first-order valence-electron chi connectivity index (χ1n) is 6.41. The fourth-order valence-electron chi connectivity index (χ4n) is 2.67. The number of imidazole rings is 1. The van der Waals surface area contributed by atoms with Gasteiger partial charge in [-0.15, -0.1) is 0 Å². The Labute approximate surface area is 107 Å². The van der Waals surface area contributed by atoms with Crippen molar-refractivity contribution in [2.75, 3.05) is 23.7 Å². The van der Waals surface area contributed by atoms with Gasteiger partial charge in [-0.1, -0.05) is 12.1 Å². The molecule has 2 aromatic rings. The van der Waals surface area contributed by atoms with Gasteiger partial charge >= 0.3 is 0 Å². The number of aromatic nitrogens is 2. The monoisotopic (exact) mass is 242 g/mol. The lowest BCUT2D eigenvalue weighted by molar-refractivity contribution is 0.396. The van der Waals surface area contributed by atoms with Crippen molar-refractivity contribution in [3.8, 4) is 0 Å². The van der Waals surface area contributed by atoms with Crippen molar-refractivity contribution in [3.63, 3.8) is 0 Å². The molecule has 1 aliphatic rings. The highest BCUT2D eigenvalue weighted by molar-refractivity contribution is 5.67. The number of benzene rings is 1. The molecule has 2 N–H and O–H groups in total. The maximum Gasteiger partial charge on any atom is 0.0948 e. The van der Waals surface area contributed by atoms with Crippen molar-refractivity contribution in [1.29, 1.82) is 0 Å². The molecule has 4 nitrogen and oxygen atoms in total. The van der Waals surface area contributed by atoms with E-state index in [0.717, 1.165) is 31.6 Å². The largest absolute Gasteiger partial charge is 0.397 e. The smallest absolute Gasteiger partial charge is 0.0948 e. The molecule has 2 heterocycles. The molecule has 0 unspecified atom stereocenters. The molecule has 0 atom stereocenters. The number of para-hydroxylation sites is 2. The second-order valence-electron chi connectivity index (χ2n) is 4.79. The van der Waals surface area contributed by atoms with Crippen LogP contribution < -0.4 is 10.6 Å². The molecule has 1 aliphatic heterocycles. The van der Waals surface area contributed by atoms with E-state index >= 15 is 0 Å². The molecule has 0 radical (unpaired) electrons. The van der Waals surface area contributed by atoms with E-state index in [4.69, 9.17) is 5.73 Å². The Morgan fingerprint density at radius 3 is 2.61 bits per heavy atom. The lowest BCUT2D eigenvalue weighted by Crippen LogP contribution is -2.34. The van der Waals surface area contributed by atoms with Crippen LogP contribution in [0.4, 0.5) is 11.4 Å². The molecule has 1 aromatic carbocycles. The summed E-state index contributed by atoms with van der Waals surface area (Å²) in [4.78, 5) is 6.50. The Bertz CT molecular complexity index is 498. The van der Waals surface area contributed by atoms with Crippen LogP contribution in [0, 0.1) is 0 Å². The van der Waals surface area contributed by atoms with Crippen molar-refractivity contribution < 1.29 is 0 Å². The van der Waals surface area contributed by atoms with E-state index in [1.54, 1.807) is 0 Å². The van der Waals surface area contributed by atoms with Crippen LogP contribution in [0.3, 0.4) is 0 Å². The fourth-order valence-corrected chi connectivity index (χ4v) is 2.67. The number of nitrogens with two attached hydrogens (primary N) is 1. The molecule has 0 spiro atoms. The van der Waals surface area contributed by atoms with E-state index in [1.807, 2.05) is 30.7 Å². The number of hydrogen-bond acceptors (Lipinski definition) is 3. The summed E-state index contributed by atoms with van der Waals surface area (Å²) in [7, 11) is 0. The number of nitrogen functional groups attached to an aromatic ring is 1. The fraction of sp³-hybridized carbons (Fsp3) is 0.357. The van der Waals surface area contributed by atoms with E-state index < -0.39 is 0 Å². The highest BCUT2D eigenvalue weighted by atomic mass is 15.2. The minimum absolute atomic E-state index is 0.577. The third-order valence-electron chi connectivity index (χ3n) is 3.69. The van der Waals surface area contributed by atoms with Gasteiger partial charge in [-0.25, -0.2) is 4.98 Å². The summed E-state index contributed by atoms with van der Waals surface area (Å²) < 4.78 is 2.21. The van der Waals surface area contributed by atoms with Crippen molar-refractivity contribution >= 4 is 11.4 Å². The van der Waals surface area contributed by atoms with Gasteiger partial charge in [0.05, 0.1) is 17.7 Å². The standard InChI is InChI=1S/C14H18N4/c15-13-3-1-2-4-14(13)17-8-5-12(6-9-17)18-10-7-16-11-18/h1-4,7,10-12H,5-6,8-9,15H2. The average molecular weight is 242 g/mol. The highest BCUT2D eigenvalue weighted by Crippen LogP contribution is 2.29. The van der Waals surface area contributed by atoms with Gasteiger partial charge < -0.3 is 15.2 Å². The van der Waals surface area contributed by atoms with E-state index in [2.05, 4.69) is 26.7 Å². The average Bonchev–Trinajstić information content (AvgIpc) is 2.94. The van der Waals surface area contributed by atoms with Crippen molar-refractivity contribution in [3.05, 3.63) is 43.0 Å². The number of anilines is 2. The van der Waals surface area contributed by atoms with Crippen LogP contribution in [0.25, 0.3) is 0 Å².